The fraction of sp³-hybridized carbons (Fsp3) is 0.935. The Morgan fingerprint density at radius 1 is 0.354 bits per heavy atom. The maximum Gasteiger partial charge on any atom is 0.256 e. The van der Waals surface area contributed by atoms with Crippen LogP contribution < -0.4 is 4.57 Å². The van der Waals surface area contributed by atoms with E-state index in [1.165, 1.54) is 257 Å². The molecule has 0 saturated carbocycles. The highest BCUT2D eigenvalue weighted by molar-refractivity contribution is 4.84. The minimum Gasteiger partial charge on any atom is -0.234 e. The number of nitrogens with zero attached hydrogens (tertiary/aromatic N) is 2. The van der Waals surface area contributed by atoms with Gasteiger partial charge in [0.1, 0.15) is 12.4 Å². The van der Waals surface area contributed by atoms with E-state index in [4.69, 9.17) is 0 Å². The van der Waals surface area contributed by atoms with Crippen molar-refractivity contribution in [3.05, 3.63) is 18.2 Å². The van der Waals surface area contributed by atoms with Crippen LogP contribution in [-0.4, -0.2) is 4.57 Å². The number of aromatic nitrogens is 2. The molecular formula is C46H91N2+. The fourth-order valence-electron chi connectivity index (χ4n) is 7.74. The van der Waals surface area contributed by atoms with E-state index in [2.05, 4.69) is 42.3 Å². The molecule has 1 aromatic heterocycles. The molecule has 1 heterocycles. The van der Waals surface area contributed by atoms with E-state index in [1.54, 1.807) is 5.82 Å². The Hall–Kier alpha value is -0.790. The van der Waals surface area contributed by atoms with Crippen molar-refractivity contribution >= 4 is 0 Å². The third-order valence-electron chi connectivity index (χ3n) is 11.1. The first kappa shape index (κ1) is 45.2. The molecule has 284 valence electrons. The number of aryl methyl sites for hydroxylation is 2. The highest BCUT2D eigenvalue weighted by atomic mass is 15.1. The summed E-state index contributed by atoms with van der Waals surface area (Å²) in [5.74, 6) is 1.63. The number of rotatable bonds is 40. The normalized spacial score (nSPS) is 11.6. The summed E-state index contributed by atoms with van der Waals surface area (Å²) in [5.41, 5.74) is 0. The molecule has 0 amide bonds. The van der Waals surface area contributed by atoms with Crippen LogP contribution in [0, 0.1) is 0 Å². The lowest BCUT2D eigenvalue weighted by Crippen LogP contribution is -2.37. The van der Waals surface area contributed by atoms with Gasteiger partial charge in [-0.05, 0) is 32.1 Å². The molecule has 0 aliphatic heterocycles. The van der Waals surface area contributed by atoms with Gasteiger partial charge in [0.15, 0.2) is 0 Å². The van der Waals surface area contributed by atoms with Gasteiger partial charge in [0, 0.05) is 6.42 Å². The van der Waals surface area contributed by atoms with Gasteiger partial charge in [-0.1, -0.05) is 226 Å². The Balaban J connectivity index is 2.21. The monoisotopic (exact) mass is 672 g/mol. The summed E-state index contributed by atoms with van der Waals surface area (Å²) in [4.78, 5) is 0. The first-order chi connectivity index (χ1) is 23.8. The molecule has 0 aliphatic carbocycles. The van der Waals surface area contributed by atoms with Crippen LogP contribution in [0.4, 0.5) is 0 Å². The van der Waals surface area contributed by atoms with E-state index in [9.17, 15) is 0 Å². The van der Waals surface area contributed by atoms with Crippen LogP contribution in [0.2, 0.25) is 0 Å². The van der Waals surface area contributed by atoms with Gasteiger partial charge in [-0.25, -0.2) is 9.13 Å². The number of hydrogen-bond donors (Lipinski definition) is 0. The van der Waals surface area contributed by atoms with Crippen molar-refractivity contribution in [2.24, 2.45) is 0 Å². The highest BCUT2D eigenvalue weighted by Crippen LogP contribution is 2.16. The average molecular weight is 672 g/mol. The van der Waals surface area contributed by atoms with E-state index < -0.39 is 0 Å². The van der Waals surface area contributed by atoms with E-state index in [1.807, 2.05) is 0 Å². The number of unbranched alkanes of at least 4 members (excludes halogenated alkanes) is 34. The average Bonchev–Trinajstić information content (AvgIpc) is 3.48. The summed E-state index contributed by atoms with van der Waals surface area (Å²) in [6.07, 6.45) is 59.3. The molecule has 0 spiro atoms. The van der Waals surface area contributed by atoms with Crippen molar-refractivity contribution in [3.63, 3.8) is 0 Å². The van der Waals surface area contributed by atoms with Crippen LogP contribution in [0.1, 0.15) is 264 Å². The first-order valence-electron chi connectivity index (χ1n) is 22.9. The topological polar surface area (TPSA) is 8.81 Å². The van der Waals surface area contributed by atoms with E-state index in [0.29, 0.717) is 0 Å². The van der Waals surface area contributed by atoms with Gasteiger partial charge in [-0.15, -0.1) is 0 Å². The Bertz CT molecular complexity index is 736. The number of hydrogen-bond acceptors (Lipinski definition) is 0. The molecule has 0 radical (unpaired) electrons. The molecule has 0 saturated heterocycles. The van der Waals surface area contributed by atoms with Gasteiger partial charge in [0.2, 0.25) is 0 Å². The second kappa shape index (κ2) is 37.5. The maximum atomic E-state index is 2.65. The van der Waals surface area contributed by atoms with Crippen LogP contribution in [0.3, 0.4) is 0 Å². The fourth-order valence-corrected chi connectivity index (χ4v) is 7.74. The second-order valence-electron chi connectivity index (χ2n) is 15.9. The summed E-state index contributed by atoms with van der Waals surface area (Å²) in [6.45, 7) is 9.41. The van der Waals surface area contributed by atoms with Gasteiger partial charge in [0.05, 0.1) is 13.1 Å². The minimum absolute atomic E-state index is 1.23. The predicted octanol–water partition coefficient (Wildman–Crippen LogP) is 15.8. The van der Waals surface area contributed by atoms with E-state index in [-0.39, 0.29) is 0 Å². The molecule has 0 bridgehead atoms. The summed E-state index contributed by atoms with van der Waals surface area (Å²) >= 11 is 0. The van der Waals surface area contributed by atoms with Crippen molar-refractivity contribution in [1.82, 2.24) is 4.57 Å². The smallest absolute Gasteiger partial charge is 0.234 e. The first-order valence-corrected chi connectivity index (χ1v) is 22.9. The Labute approximate surface area is 304 Å². The minimum atomic E-state index is 1.23. The van der Waals surface area contributed by atoms with Crippen molar-refractivity contribution < 1.29 is 4.57 Å². The van der Waals surface area contributed by atoms with Gasteiger partial charge in [-0.3, -0.25) is 0 Å². The third-order valence-corrected chi connectivity index (χ3v) is 11.1. The molecule has 0 aromatic carbocycles. The lowest BCUT2D eigenvalue weighted by atomic mass is 10.0. The van der Waals surface area contributed by atoms with Crippen molar-refractivity contribution in [2.45, 2.75) is 278 Å². The Morgan fingerprint density at radius 3 is 1.00 bits per heavy atom. The SMILES string of the molecule is CCCCCCCCCCCCCCCCCCn1cc[n+](CCCCCCCCC)c1CCCCCCCCCCCCCCCC. The zero-order valence-electron chi connectivity index (χ0n) is 33.8. The molecule has 2 heteroatoms. The highest BCUT2D eigenvalue weighted by Gasteiger charge is 2.16. The molecule has 0 fully saturated rings. The largest absolute Gasteiger partial charge is 0.256 e. The van der Waals surface area contributed by atoms with Crippen LogP contribution in [0.5, 0.6) is 0 Å². The molecule has 0 aliphatic rings. The molecule has 1 rings (SSSR count). The second-order valence-corrected chi connectivity index (χ2v) is 15.9. The van der Waals surface area contributed by atoms with Crippen molar-refractivity contribution in [1.29, 1.82) is 0 Å². The van der Waals surface area contributed by atoms with E-state index in [0.717, 1.165) is 0 Å². The quantitative estimate of drug-likeness (QED) is 0.0485. The standard InChI is InChI=1S/C46H91N2/c1-4-7-10-13-16-18-20-22-24-25-27-29-31-34-37-40-43-48-45-44-47(42-39-36-33-15-12-9-6-3)46(48)41-38-35-32-30-28-26-23-21-19-17-14-11-8-5-2/h44-45H,4-43H2,1-3H3/q+1. The maximum absolute atomic E-state index is 2.65. The molecule has 0 unspecified atom stereocenters. The van der Waals surface area contributed by atoms with Gasteiger partial charge >= 0.3 is 0 Å². The molecule has 0 atom stereocenters. The lowest BCUT2D eigenvalue weighted by molar-refractivity contribution is -0.704. The summed E-state index contributed by atoms with van der Waals surface area (Å²) in [7, 11) is 0. The molecule has 48 heavy (non-hydrogen) atoms. The van der Waals surface area contributed by atoms with Gasteiger partial charge in [0.25, 0.3) is 5.82 Å². The molecular weight excluding hydrogens is 581 g/mol. The van der Waals surface area contributed by atoms with Crippen LogP contribution in [-0.2, 0) is 19.5 Å². The Morgan fingerprint density at radius 2 is 0.646 bits per heavy atom. The van der Waals surface area contributed by atoms with Crippen LogP contribution >= 0.6 is 0 Å². The molecule has 2 nitrogen and oxygen atoms in total. The zero-order chi connectivity index (χ0) is 34.4. The third kappa shape index (κ3) is 29.0. The summed E-state index contributed by atoms with van der Waals surface area (Å²) in [5, 5.41) is 0. The van der Waals surface area contributed by atoms with Crippen LogP contribution in [0.25, 0.3) is 0 Å². The van der Waals surface area contributed by atoms with E-state index >= 15 is 0 Å². The summed E-state index contributed by atoms with van der Waals surface area (Å²) < 4.78 is 5.29. The van der Waals surface area contributed by atoms with Gasteiger partial charge < -0.3 is 0 Å². The zero-order valence-corrected chi connectivity index (χ0v) is 33.8. The molecule has 0 N–H and O–H groups in total. The summed E-state index contributed by atoms with van der Waals surface area (Å²) in [6, 6.07) is 0. The van der Waals surface area contributed by atoms with Crippen molar-refractivity contribution in [2.75, 3.05) is 0 Å². The predicted molar refractivity (Wildman–Crippen MR) is 216 cm³/mol. The number of imidazole rings is 1. The van der Waals surface area contributed by atoms with Gasteiger partial charge in [-0.2, -0.15) is 0 Å². The lowest BCUT2D eigenvalue weighted by Gasteiger charge is -2.07. The van der Waals surface area contributed by atoms with Crippen LogP contribution in [0.15, 0.2) is 12.4 Å². The Kier molecular flexibility index (Phi) is 35.3. The van der Waals surface area contributed by atoms with Crippen molar-refractivity contribution in [3.8, 4) is 0 Å². The molecule has 1 aromatic rings.